The van der Waals surface area contributed by atoms with Crippen molar-refractivity contribution in [1.29, 1.82) is 0 Å². The number of hydrogen-bond acceptors (Lipinski definition) is 5. The van der Waals surface area contributed by atoms with Crippen molar-refractivity contribution in [2.75, 3.05) is 13.2 Å². The largest absolute Gasteiger partial charge is 0.411 e. The Labute approximate surface area is 178 Å². The van der Waals surface area contributed by atoms with Crippen molar-refractivity contribution in [3.8, 4) is 0 Å². The number of aliphatic imine (C=N–C) groups is 1. The predicted octanol–water partition coefficient (Wildman–Crippen LogP) is 3.33. The van der Waals surface area contributed by atoms with Crippen molar-refractivity contribution in [1.82, 2.24) is 20.8 Å². The Hall–Kier alpha value is -1.89. The van der Waals surface area contributed by atoms with E-state index in [1.54, 1.807) is 19.1 Å². The molecule has 2 N–H and O–H groups in total. The summed E-state index contributed by atoms with van der Waals surface area (Å²) in [5, 5.41) is 10.0. The van der Waals surface area contributed by atoms with Crippen LogP contribution in [0.4, 0.5) is 13.2 Å². The number of halogens is 4. The van der Waals surface area contributed by atoms with Gasteiger partial charge < -0.3 is 19.9 Å². The second-order valence-electron chi connectivity index (χ2n) is 5.70. The number of benzene rings is 1. The summed E-state index contributed by atoms with van der Waals surface area (Å²) >= 11 is 0. The minimum Gasteiger partial charge on any atom is -0.367 e. The molecule has 0 radical (unpaired) electrons. The van der Waals surface area contributed by atoms with Crippen LogP contribution in [-0.4, -0.2) is 35.4 Å². The van der Waals surface area contributed by atoms with E-state index < -0.39 is 12.8 Å². The van der Waals surface area contributed by atoms with E-state index in [0.717, 1.165) is 5.56 Å². The first-order valence-electron chi connectivity index (χ1n) is 8.39. The van der Waals surface area contributed by atoms with Crippen molar-refractivity contribution < 1.29 is 22.4 Å². The second kappa shape index (κ2) is 11.8. The number of nitrogens with one attached hydrogen (secondary N) is 2. The number of aryl methyl sites for hydroxylation is 1. The normalized spacial score (nSPS) is 11.8. The molecule has 0 unspecified atom stereocenters. The molecule has 1 heterocycles. The molecule has 0 saturated carbocycles. The molecule has 0 aliphatic carbocycles. The Bertz CT molecular complexity index is 735. The van der Waals surface area contributed by atoms with E-state index in [-0.39, 0.29) is 30.6 Å². The summed E-state index contributed by atoms with van der Waals surface area (Å²) in [7, 11) is 0. The van der Waals surface area contributed by atoms with Gasteiger partial charge in [-0.3, -0.25) is 0 Å². The lowest BCUT2D eigenvalue weighted by atomic mass is 10.1. The molecular formula is C17H23F3IN5O2. The minimum atomic E-state index is -4.31. The molecule has 1 aromatic heterocycles. The van der Waals surface area contributed by atoms with Crippen molar-refractivity contribution in [2.45, 2.75) is 39.7 Å². The molecule has 0 aliphatic heterocycles. The highest BCUT2D eigenvalue weighted by Gasteiger charge is 2.27. The molecule has 7 nitrogen and oxygen atoms in total. The summed E-state index contributed by atoms with van der Waals surface area (Å²) in [4.78, 5) is 8.56. The maximum Gasteiger partial charge on any atom is 0.411 e. The first-order chi connectivity index (χ1) is 12.9. The van der Waals surface area contributed by atoms with Crippen LogP contribution in [0.3, 0.4) is 0 Å². The fraction of sp³-hybridized carbons (Fsp3) is 0.471. The van der Waals surface area contributed by atoms with Crippen LogP contribution >= 0.6 is 24.0 Å². The zero-order valence-electron chi connectivity index (χ0n) is 15.5. The standard InChI is InChI=1S/C17H22F3N5O2.HI/c1-3-21-16(23-9-15-24-12(2)27-25-15)22-8-13-4-6-14(7-5-13)10-26-11-17(18,19)20;/h4-7H,3,8-11H2,1-2H3,(H2,21,22,23);1H. The van der Waals surface area contributed by atoms with Crippen LogP contribution in [-0.2, 0) is 24.4 Å². The van der Waals surface area contributed by atoms with Gasteiger partial charge in [0.2, 0.25) is 5.89 Å². The van der Waals surface area contributed by atoms with E-state index in [1.165, 1.54) is 0 Å². The first-order valence-corrected chi connectivity index (χ1v) is 8.39. The minimum absolute atomic E-state index is 0. The summed E-state index contributed by atoms with van der Waals surface area (Å²) in [6.07, 6.45) is -4.31. The molecule has 0 saturated heterocycles. The van der Waals surface area contributed by atoms with Gasteiger partial charge in [-0.25, -0.2) is 4.99 Å². The van der Waals surface area contributed by atoms with Gasteiger partial charge in [0, 0.05) is 13.5 Å². The van der Waals surface area contributed by atoms with Crippen LogP contribution in [0.2, 0.25) is 0 Å². The molecule has 0 atom stereocenters. The number of guanidine groups is 1. The van der Waals surface area contributed by atoms with Crippen LogP contribution in [0.25, 0.3) is 0 Å². The highest BCUT2D eigenvalue weighted by molar-refractivity contribution is 14.0. The summed E-state index contributed by atoms with van der Waals surface area (Å²) in [6, 6.07) is 7.07. The van der Waals surface area contributed by atoms with Gasteiger partial charge >= 0.3 is 6.18 Å². The van der Waals surface area contributed by atoms with Gasteiger partial charge in [-0.05, 0) is 18.1 Å². The summed E-state index contributed by atoms with van der Waals surface area (Å²) in [6.45, 7) is 3.79. The Morgan fingerprint density at radius 2 is 1.86 bits per heavy atom. The predicted molar refractivity (Wildman–Crippen MR) is 108 cm³/mol. The highest BCUT2D eigenvalue weighted by atomic mass is 127. The molecule has 2 rings (SSSR count). The molecular weight excluding hydrogens is 490 g/mol. The molecule has 28 heavy (non-hydrogen) atoms. The number of alkyl halides is 3. The molecule has 0 bridgehead atoms. The second-order valence-corrected chi connectivity index (χ2v) is 5.70. The Kier molecular flexibility index (Phi) is 10.2. The number of ether oxygens (including phenoxy) is 1. The summed E-state index contributed by atoms with van der Waals surface area (Å²) in [5.74, 6) is 1.62. The zero-order chi connectivity index (χ0) is 19.7. The maximum atomic E-state index is 12.1. The van der Waals surface area contributed by atoms with Gasteiger partial charge in [-0.2, -0.15) is 18.2 Å². The summed E-state index contributed by atoms with van der Waals surface area (Å²) in [5.41, 5.74) is 1.59. The number of aromatic nitrogens is 2. The topological polar surface area (TPSA) is 84.6 Å². The number of nitrogens with zero attached hydrogens (tertiary/aromatic N) is 3. The monoisotopic (exact) mass is 513 g/mol. The third-order valence-corrected chi connectivity index (χ3v) is 3.30. The van der Waals surface area contributed by atoms with Gasteiger partial charge in [0.05, 0.1) is 19.7 Å². The van der Waals surface area contributed by atoms with Crippen LogP contribution in [0.15, 0.2) is 33.8 Å². The van der Waals surface area contributed by atoms with E-state index in [4.69, 9.17) is 4.52 Å². The SMILES string of the molecule is CCNC(=NCc1ccc(COCC(F)(F)F)cc1)NCc1noc(C)n1.I. The van der Waals surface area contributed by atoms with Crippen molar-refractivity contribution in [3.63, 3.8) is 0 Å². The van der Waals surface area contributed by atoms with Crippen LogP contribution < -0.4 is 10.6 Å². The van der Waals surface area contributed by atoms with Crippen molar-refractivity contribution >= 4 is 29.9 Å². The highest BCUT2D eigenvalue weighted by Crippen LogP contribution is 2.16. The van der Waals surface area contributed by atoms with Gasteiger partial charge in [0.25, 0.3) is 0 Å². The van der Waals surface area contributed by atoms with E-state index >= 15 is 0 Å². The molecule has 0 spiro atoms. The van der Waals surface area contributed by atoms with Gasteiger partial charge in [-0.1, -0.05) is 29.4 Å². The zero-order valence-corrected chi connectivity index (χ0v) is 17.9. The average molecular weight is 513 g/mol. The fourth-order valence-electron chi connectivity index (χ4n) is 2.11. The first kappa shape index (κ1) is 24.1. The number of rotatable bonds is 8. The third kappa shape index (κ3) is 9.35. The lowest BCUT2D eigenvalue weighted by Gasteiger charge is -2.10. The smallest absolute Gasteiger partial charge is 0.367 e. The molecule has 11 heteroatoms. The third-order valence-electron chi connectivity index (χ3n) is 3.30. The van der Waals surface area contributed by atoms with Gasteiger partial charge in [0.1, 0.15) is 6.61 Å². The van der Waals surface area contributed by atoms with Crippen LogP contribution in [0.5, 0.6) is 0 Å². The fourth-order valence-corrected chi connectivity index (χ4v) is 2.11. The van der Waals surface area contributed by atoms with Crippen molar-refractivity contribution in [3.05, 3.63) is 47.1 Å². The molecule has 1 aromatic carbocycles. The van der Waals surface area contributed by atoms with Crippen LogP contribution in [0, 0.1) is 6.92 Å². The molecule has 156 valence electrons. The quantitative estimate of drug-likeness (QED) is 0.320. The van der Waals surface area contributed by atoms with Crippen LogP contribution in [0.1, 0.15) is 29.8 Å². The Balaban J connectivity index is 0.00000392. The molecule has 0 amide bonds. The van der Waals surface area contributed by atoms with E-state index in [1.807, 2.05) is 19.1 Å². The maximum absolute atomic E-state index is 12.1. The number of hydrogen-bond donors (Lipinski definition) is 2. The Morgan fingerprint density at radius 1 is 1.18 bits per heavy atom. The van der Waals surface area contributed by atoms with E-state index in [2.05, 4.69) is 30.5 Å². The van der Waals surface area contributed by atoms with Crippen molar-refractivity contribution in [2.24, 2.45) is 4.99 Å². The molecule has 0 fully saturated rings. The molecule has 0 aliphatic rings. The average Bonchev–Trinajstić information content (AvgIpc) is 3.03. The van der Waals surface area contributed by atoms with E-state index in [0.29, 0.717) is 42.9 Å². The van der Waals surface area contributed by atoms with Gasteiger partial charge in [0.15, 0.2) is 11.8 Å². The summed E-state index contributed by atoms with van der Waals surface area (Å²) < 4.78 is 45.8. The lowest BCUT2D eigenvalue weighted by molar-refractivity contribution is -0.176. The van der Waals surface area contributed by atoms with E-state index in [9.17, 15) is 13.2 Å². The lowest BCUT2D eigenvalue weighted by Crippen LogP contribution is -2.37. The Morgan fingerprint density at radius 3 is 2.43 bits per heavy atom. The van der Waals surface area contributed by atoms with Gasteiger partial charge in [-0.15, -0.1) is 24.0 Å². The molecule has 2 aromatic rings.